The molecule has 0 aliphatic carbocycles. The summed E-state index contributed by atoms with van der Waals surface area (Å²) < 4.78 is 1.13. The Balaban J connectivity index is 1.30. The van der Waals surface area contributed by atoms with Crippen molar-refractivity contribution < 1.29 is 9.90 Å². The van der Waals surface area contributed by atoms with Crippen LogP contribution in [0.4, 0.5) is 11.6 Å². The zero-order valence-electron chi connectivity index (χ0n) is 17.0. The first-order valence-electron chi connectivity index (χ1n) is 10.4. The second-order valence-corrected chi connectivity index (χ2v) is 8.83. The number of anilines is 2. The summed E-state index contributed by atoms with van der Waals surface area (Å²) in [6.45, 7) is 7.46. The van der Waals surface area contributed by atoms with E-state index in [1.54, 1.807) is 0 Å². The van der Waals surface area contributed by atoms with Crippen LogP contribution in [-0.2, 0) is 0 Å². The Hall–Kier alpha value is -1.98. The van der Waals surface area contributed by atoms with Crippen LogP contribution in [0.2, 0.25) is 0 Å². The van der Waals surface area contributed by atoms with E-state index in [9.17, 15) is 4.79 Å². The van der Waals surface area contributed by atoms with Crippen LogP contribution in [0.1, 0.15) is 10.4 Å². The van der Waals surface area contributed by atoms with E-state index in [0.29, 0.717) is 13.1 Å². The molecular formula is C21H27IN6O2. The summed E-state index contributed by atoms with van der Waals surface area (Å²) in [5, 5.41) is 18.0. The Bertz CT molecular complexity index is 832. The summed E-state index contributed by atoms with van der Waals surface area (Å²) in [4.78, 5) is 21.3. The van der Waals surface area contributed by atoms with Crippen molar-refractivity contribution in [1.82, 2.24) is 20.0 Å². The van der Waals surface area contributed by atoms with Crippen molar-refractivity contribution in [2.45, 2.75) is 0 Å². The number of carbonyl (C=O) groups is 1. The van der Waals surface area contributed by atoms with Crippen LogP contribution in [-0.4, -0.2) is 96.5 Å². The SMILES string of the molecule is O=C(c1ccc(I)cc1)N1CCN(c2ccc(N3CCN(CCO)CC3)nn2)CC1. The number of halogens is 1. The fourth-order valence-corrected chi connectivity index (χ4v) is 4.27. The molecule has 2 aliphatic heterocycles. The van der Waals surface area contributed by atoms with E-state index < -0.39 is 0 Å². The molecule has 0 radical (unpaired) electrons. The second kappa shape index (κ2) is 9.88. The maximum atomic E-state index is 12.7. The topological polar surface area (TPSA) is 76.0 Å². The molecule has 0 saturated carbocycles. The van der Waals surface area contributed by atoms with Gasteiger partial charge in [-0.25, -0.2) is 0 Å². The first kappa shape index (κ1) is 21.3. The predicted molar refractivity (Wildman–Crippen MR) is 125 cm³/mol. The normalized spacial score (nSPS) is 18.0. The van der Waals surface area contributed by atoms with Gasteiger partial charge in [-0.15, -0.1) is 10.2 Å². The molecule has 2 aromatic rings. The number of hydrogen-bond donors (Lipinski definition) is 1. The Morgan fingerprint density at radius 1 is 0.833 bits per heavy atom. The van der Waals surface area contributed by atoms with Gasteiger partial charge < -0.3 is 19.8 Å². The highest BCUT2D eigenvalue weighted by molar-refractivity contribution is 14.1. The molecule has 2 aliphatic rings. The highest BCUT2D eigenvalue weighted by Gasteiger charge is 2.24. The smallest absolute Gasteiger partial charge is 0.253 e. The third-order valence-corrected chi connectivity index (χ3v) is 6.45. The molecule has 3 heterocycles. The van der Waals surface area contributed by atoms with E-state index in [4.69, 9.17) is 5.11 Å². The molecule has 1 aromatic heterocycles. The van der Waals surface area contributed by atoms with Gasteiger partial charge in [0.1, 0.15) is 0 Å². The molecule has 0 atom stereocenters. The van der Waals surface area contributed by atoms with E-state index in [1.807, 2.05) is 41.3 Å². The molecule has 1 amide bonds. The van der Waals surface area contributed by atoms with E-state index in [-0.39, 0.29) is 12.5 Å². The minimum Gasteiger partial charge on any atom is -0.395 e. The van der Waals surface area contributed by atoms with E-state index in [2.05, 4.69) is 47.5 Å². The van der Waals surface area contributed by atoms with E-state index in [0.717, 1.165) is 66.6 Å². The molecule has 0 unspecified atom stereocenters. The van der Waals surface area contributed by atoms with Crippen molar-refractivity contribution in [2.24, 2.45) is 0 Å². The third kappa shape index (κ3) is 5.01. The zero-order chi connectivity index (χ0) is 20.9. The maximum absolute atomic E-state index is 12.7. The molecular weight excluding hydrogens is 495 g/mol. The number of aliphatic hydroxyl groups is 1. The summed E-state index contributed by atoms with van der Waals surface area (Å²) in [5.74, 6) is 1.85. The minimum absolute atomic E-state index is 0.0906. The Kier molecular flexibility index (Phi) is 7.00. The number of aliphatic hydroxyl groups excluding tert-OH is 1. The lowest BCUT2D eigenvalue weighted by molar-refractivity contribution is 0.0746. The molecule has 0 spiro atoms. The molecule has 1 N–H and O–H groups in total. The first-order valence-corrected chi connectivity index (χ1v) is 11.4. The predicted octanol–water partition coefficient (Wildman–Crippen LogP) is 1.16. The van der Waals surface area contributed by atoms with Gasteiger partial charge in [0, 0.05) is 68.0 Å². The molecule has 4 rings (SSSR count). The zero-order valence-corrected chi connectivity index (χ0v) is 19.1. The lowest BCUT2D eigenvalue weighted by atomic mass is 10.2. The molecule has 160 valence electrons. The van der Waals surface area contributed by atoms with Gasteiger partial charge in [-0.05, 0) is 59.0 Å². The van der Waals surface area contributed by atoms with Crippen molar-refractivity contribution in [3.05, 3.63) is 45.5 Å². The van der Waals surface area contributed by atoms with Gasteiger partial charge in [-0.3, -0.25) is 9.69 Å². The van der Waals surface area contributed by atoms with Crippen molar-refractivity contribution in [3.63, 3.8) is 0 Å². The number of amides is 1. The summed E-state index contributed by atoms with van der Waals surface area (Å²) in [7, 11) is 0. The van der Waals surface area contributed by atoms with Gasteiger partial charge in [0.15, 0.2) is 11.6 Å². The number of aromatic nitrogens is 2. The second-order valence-electron chi connectivity index (χ2n) is 7.59. The highest BCUT2D eigenvalue weighted by Crippen LogP contribution is 2.19. The number of piperazine rings is 2. The molecule has 9 heteroatoms. The molecule has 2 saturated heterocycles. The average Bonchev–Trinajstić information content (AvgIpc) is 2.80. The molecule has 1 aromatic carbocycles. The van der Waals surface area contributed by atoms with Crippen LogP contribution < -0.4 is 9.80 Å². The number of carbonyl (C=O) groups excluding carboxylic acids is 1. The van der Waals surface area contributed by atoms with Crippen LogP contribution in [0.3, 0.4) is 0 Å². The van der Waals surface area contributed by atoms with Gasteiger partial charge in [-0.2, -0.15) is 0 Å². The van der Waals surface area contributed by atoms with E-state index >= 15 is 0 Å². The van der Waals surface area contributed by atoms with Crippen LogP contribution in [0.5, 0.6) is 0 Å². The molecule has 30 heavy (non-hydrogen) atoms. The van der Waals surface area contributed by atoms with Crippen molar-refractivity contribution in [1.29, 1.82) is 0 Å². The third-order valence-electron chi connectivity index (χ3n) is 5.73. The fraction of sp³-hybridized carbons (Fsp3) is 0.476. The van der Waals surface area contributed by atoms with Gasteiger partial charge in [-0.1, -0.05) is 0 Å². The van der Waals surface area contributed by atoms with Crippen LogP contribution in [0.25, 0.3) is 0 Å². The molecule has 0 bridgehead atoms. The number of rotatable bonds is 5. The number of benzene rings is 1. The summed E-state index contributed by atoms with van der Waals surface area (Å²) in [6, 6.07) is 11.8. The Morgan fingerprint density at radius 3 is 1.87 bits per heavy atom. The van der Waals surface area contributed by atoms with Gasteiger partial charge in [0.25, 0.3) is 5.91 Å². The summed E-state index contributed by atoms with van der Waals surface area (Å²) in [6.07, 6.45) is 0. The lowest BCUT2D eigenvalue weighted by Gasteiger charge is -2.36. The number of β-amino-alcohol motifs (C(OH)–C–C–N with tert-alkyl or cyclic N) is 1. The minimum atomic E-state index is 0.0906. The molecule has 8 nitrogen and oxygen atoms in total. The standard InChI is InChI=1S/C21H27IN6O2/c22-18-3-1-17(2-4-18)21(30)28-13-11-27(12-14-28)20-6-5-19(23-24-20)26-9-7-25(8-10-26)15-16-29/h1-6,29H,7-16H2. The monoisotopic (exact) mass is 522 g/mol. The first-order chi connectivity index (χ1) is 14.6. The average molecular weight is 522 g/mol. The summed E-state index contributed by atoms with van der Waals surface area (Å²) >= 11 is 2.25. The summed E-state index contributed by atoms with van der Waals surface area (Å²) in [5.41, 5.74) is 0.743. The number of nitrogens with zero attached hydrogens (tertiary/aromatic N) is 6. The Morgan fingerprint density at radius 2 is 1.37 bits per heavy atom. The molecule has 2 fully saturated rings. The van der Waals surface area contributed by atoms with Crippen molar-refractivity contribution in [3.8, 4) is 0 Å². The van der Waals surface area contributed by atoms with Gasteiger partial charge in [0.05, 0.1) is 6.61 Å². The van der Waals surface area contributed by atoms with Gasteiger partial charge >= 0.3 is 0 Å². The van der Waals surface area contributed by atoms with Crippen molar-refractivity contribution >= 4 is 40.1 Å². The van der Waals surface area contributed by atoms with Crippen LogP contribution in [0.15, 0.2) is 36.4 Å². The quantitative estimate of drug-likeness (QED) is 0.591. The van der Waals surface area contributed by atoms with E-state index in [1.165, 1.54) is 0 Å². The van der Waals surface area contributed by atoms with Crippen LogP contribution >= 0.6 is 22.6 Å². The highest BCUT2D eigenvalue weighted by atomic mass is 127. The maximum Gasteiger partial charge on any atom is 0.253 e. The lowest BCUT2D eigenvalue weighted by Crippen LogP contribution is -2.49. The fourth-order valence-electron chi connectivity index (χ4n) is 3.91. The number of hydrogen-bond acceptors (Lipinski definition) is 7. The van der Waals surface area contributed by atoms with Crippen LogP contribution in [0, 0.1) is 3.57 Å². The van der Waals surface area contributed by atoms with Gasteiger partial charge in [0.2, 0.25) is 0 Å². The Labute approximate surface area is 190 Å². The largest absolute Gasteiger partial charge is 0.395 e. The van der Waals surface area contributed by atoms with Crippen molar-refractivity contribution in [2.75, 3.05) is 75.3 Å².